The van der Waals surface area contributed by atoms with Crippen LogP contribution in [0.25, 0.3) is 17.0 Å². The second-order valence-corrected chi connectivity index (χ2v) is 5.82. The SMILES string of the molecule is COc1cc(Nc2ncnc(-n3c(Cl)nc4ccccc43)n2)cc(O)c1O. The molecule has 0 saturated carbocycles. The van der Waals surface area contributed by atoms with E-state index in [-0.39, 0.29) is 34.4 Å². The van der Waals surface area contributed by atoms with Gasteiger partial charge in [0.2, 0.25) is 22.9 Å². The molecule has 0 amide bonds. The number of nitrogens with one attached hydrogen (secondary N) is 1. The summed E-state index contributed by atoms with van der Waals surface area (Å²) in [6.07, 6.45) is 1.33. The lowest BCUT2D eigenvalue weighted by atomic mass is 10.2. The van der Waals surface area contributed by atoms with E-state index in [0.29, 0.717) is 11.2 Å². The number of aromatic hydroxyl groups is 2. The fourth-order valence-corrected chi connectivity index (χ4v) is 2.85. The van der Waals surface area contributed by atoms with Gasteiger partial charge in [-0.2, -0.15) is 4.98 Å². The molecule has 3 N–H and O–H groups in total. The van der Waals surface area contributed by atoms with Crippen LogP contribution in [0.5, 0.6) is 17.2 Å². The summed E-state index contributed by atoms with van der Waals surface area (Å²) in [7, 11) is 1.38. The quantitative estimate of drug-likeness (QED) is 0.363. The van der Waals surface area contributed by atoms with E-state index >= 15 is 0 Å². The van der Waals surface area contributed by atoms with Crippen molar-refractivity contribution in [3.8, 4) is 23.2 Å². The highest BCUT2D eigenvalue weighted by Gasteiger charge is 2.14. The number of para-hydroxylation sites is 2. The Bertz CT molecular complexity index is 1150. The number of halogens is 1. The molecule has 0 saturated heterocycles. The van der Waals surface area contributed by atoms with Crippen molar-refractivity contribution in [2.45, 2.75) is 0 Å². The van der Waals surface area contributed by atoms with Crippen molar-refractivity contribution in [3.05, 3.63) is 48.0 Å². The van der Waals surface area contributed by atoms with Crippen LogP contribution in [-0.4, -0.2) is 41.8 Å². The summed E-state index contributed by atoms with van der Waals surface area (Å²) in [4.78, 5) is 16.9. The van der Waals surface area contributed by atoms with E-state index in [1.807, 2.05) is 24.3 Å². The predicted octanol–water partition coefficient (Wildman–Crippen LogP) is 3.03. The normalized spacial score (nSPS) is 10.9. The molecule has 0 bridgehead atoms. The van der Waals surface area contributed by atoms with E-state index in [2.05, 4.69) is 25.3 Å². The molecule has 0 aliphatic carbocycles. The summed E-state index contributed by atoms with van der Waals surface area (Å²) in [5, 5.41) is 22.7. The monoisotopic (exact) mass is 384 g/mol. The van der Waals surface area contributed by atoms with Crippen molar-refractivity contribution >= 4 is 34.3 Å². The summed E-state index contributed by atoms with van der Waals surface area (Å²) < 4.78 is 6.61. The molecule has 0 unspecified atom stereocenters. The van der Waals surface area contributed by atoms with Gasteiger partial charge in [-0.3, -0.25) is 4.57 Å². The van der Waals surface area contributed by atoms with E-state index in [9.17, 15) is 10.2 Å². The summed E-state index contributed by atoms with van der Waals surface area (Å²) in [6, 6.07) is 10.2. The van der Waals surface area contributed by atoms with E-state index in [0.717, 1.165) is 5.52 Å². The Morgan fingerprint density at radius 1 is 1.11 bits per heavy atom. The van der Waals surface area contributed by atoms with Crippen LogP contribution in [0, 0.1) is 0 Å². The van der Waals surface area contributed by atoms with E-state index in [4.69, 9.17) is 16.3 Å². The maximum absolute atomic E-state index is 9.80. The summed E-state index contributed by atoms with van der Waals surface area (Å²) in [6.45, 7) is 0. The maximum atomic E-state index is 9.80. The summed E-state index contributed by atoms with van der Waals surface area (Å²) in [5.41, 5.74) is 1.88. The Labute approximate surface area is 157 Å². The molecule has 4 aromatic rings. The van der Waals surface area contributed by atoms with Crippen molar-refractivity contribution in [1.29, 1.82) is 0 Å². The zero-order valence-corrected chi connectivity index (χ0v) is 14.7. The number of phenols is 2. The van der Waals surface area contributed by atoms with Crippen molar-refractivity contribution in [2.75, 3.05) is 12.4 Å². The number of imidazole rings is 1. The highest BCUT2D eigenvalue weighted by molar-refractivity contribution is 6.29. The van der Waals surface area contributed by atoms with Crippen LogP contribution in [-0.2, 0) is 0 Å². The molecule has 2 aromatic carbocycles. The van der Waals surface area contributed by atoms with Crippen LogP contribution in [0.1, 0.15) is 0 Å². The zero-order chi connectivity index (χ0) is 19.0. The lowest BCUT2D eigenvalue weighted by Crippen LogP contribution is -2.05. The fraction of sp³-hybridized carbons (Fsp3) is 0.0588. The number of anilines is 2. The Hall–Kier alpha value is -3.59. The number of ether oxygens (including phenoxy) is 1. The maximum Gasteiger partial charge on any atom is 0.241 e. The molecule has 0 fully saturated rings. The average molecular weight is 385 g/mol. The van der Waals surface area contributed by atoms with Crippen molar-refractivity contribution in [3.63, 3.8) is 0 Å². The topological polar surface area (TPSA) is 118 Å². The molecule has 4 rings (SSSR count). The first-order valence-corrected chi connectivity index (χ1v) is 8.14. The molecular formula is C17H13ClN6O3. The minimum Gasteiger partial charge on any atom is -0.504 e. The van der Waals surface area contributed by atoms with Gasteiger partial charge in [-0.15, -0.1) is 0 Å². The molecular weight excluding hydrogens is 372 g/mol. The van der Waals surface area contributed by atoms with Gasteiger partial charge >= 0.3 is 0 Å². The van der Waals surface area contributed by atoms with Crippen LogP contribution in [0.3, 0.4) is 0 Å². The number of phenolic OH excluding ortho intramolecular Hbond substituents is 2. The first-order chi connectivity index (χ1) is 13.1. The number of rotatable bonds is 4. The van der Waals surface area contributed by atoms with Gasteiger partial charge in [0.1, 0.15) is 6.33 Å². The third-order valence-electron chi connectivity index (χ3n) is 3.81. The molecule has 2 aromatic heterocycles. The Kier molecular flexibility index (Phi) is 4.13. The number of aromatic nitrogens is 5. The molecule has 0 aliphatic rings. The smallest absolute Gasteiger partial charge is 0.241 e. The van der Waals surface area contributed by atoms with E-state index in [1.54, 1.807) is 4.57 Å². The average Bonchev–Trinajstić information content (AvgIpc) is 3.00. The van der Waals surface area contributed by atoms with Gasteiger partial charge < -0.3 is 20.3 Å². The number of nitrogens with zero attached hydrogens (tertiary/aromatic N) is 5. The molecule has 0 spiro atoms. The lowest BCUT2D eigenvalue weighted by molar-refractivity contribution is 0.351. The third-order valence-corrected chi connectivity index (χ3v) is 4.06. The Morgan fingerprint density at radius 3 is 2.74 bits per heavy atom. The molecule has 9 nitrogen and oxygen atoms in total. The van der Waals surface area contributed by atoms with Gasteiger partial charge in [-0.25, -0.2) is 15.0 Å². The minimum atomic E-state index is -0.351. The molecule has 27 heavy (non-hydrogen) atoms. The number of hydrogen-bond donors (Lipinski definition) is 3. The van der Waals surface area contributed by atoms with Crippen LogP contribution >= 0.6 is 11.6 Å². The van der Waals surface area contributed by atoms with Crippen LogP contribution < -0.4 is 10.1 Å². The molecule has 10 heteroatoms. The van der Waals surface area contributed by atoms with Crippen LogP contribution in [0.2, 0.25) is 5.28 Å². The van der Waals surface area contributed by atoms with Gasteiger partial charge in [0.05, 0.1) is 18.1 Å². The zero-order valence-electron chi connectivity index (χ0n) is 14.0. The first-order valence-electron chi connectivity index (χ1n) is 7.76. The largest absolute Gasteiger partial charge is 0.504 e. The summed E-state index contributed by atoms with van der Waals surface area (Å²) >= 11 is 6.25. The molecule has 136 valence electrons. The van der Waals surface area contributed by atoms with Gasteiger partial charge in [0.25, 0.3) is 0 Å². The number of methoxy groups -OCH3 is 1. The fourth-order valence-electron chi connectivity index (χ4n) is 2.59. The lowest BCUT2D eigenvalue weighted by Gasteiger charge is -2.10. The Morgan fingerprint density at radius 2 is 1.93 bits per heavy atom. The molecule has 0 aliphatic heterocycles. The van der Waals surface area contributed by atoms with Crippen molar-refractivity contribution < 1.29 is 14.9 Å². The number of fused-ring (bicyclic) bond motifs is 1. The second kappa shape index (κ2) is 6.61. The number of benzene rings is 2. The molecule has 0 radical (unpaired) electrons. The minimum absolute atomic E-state index is 0.107. The van der Waals surface area contributed by atoms with Crippen molar-refractivity contribution in [2.24, 2.45) is 0 Å². The van der Waals surface area contributed by atoms with Gasteiger partial charge in [-0.05, 0) is 23.7 Å². The van der Waals surface area contributed by atoms with E-state index < -0.39 is 0 Å². The van der Waals surface area contributed by atoms with Gasteiger partial charge in [0.15, 0.2) is 11.5 Å². The second-order valence-electron chi connectivity index (χ2n) is 5.49. The van der Waals surface area contributed by atoms with Crippen molar-refractivity contribution in [1.82, 2.24) is 24.5 Å². The highest BCUT2D eigenvalue weighted by atomic mass is 35.5. The van der Waals surface area contributed by atoms with Gasteiger partial charge in [0, 0.05) is 17.8 Å². The van der Waals surface area contributed by atoms with Gasteiger partial charge in [-0.1, -0.05) is 12.1 Å². The third kappa shape index (κ3) is 3.04. The first kappa shape index (κ1) is 16.9. The standard InChI is InChI=1S/C17H13ClN6O3/c1-27-13-7-9(6-12(25)14(13)26)21-16-19-8-20-17(23-16)24-11-5-3-2-4-10(11)22-15(24)18/h2-8,25-26H,1H3,(H,19,20,21,23). The van der Waals surface area contributed by atoms with Crippen LogP contribution in [0.4, 0.5) is 11.6 Å². The number of hydrogen-bond acceptors (Lipinski definition) is 8. The molecule has 2 heterocycles. The van der Waals surface area contributed by atoms with Crippen LogP contribution in [0.15, 0.2) is 42.7 Å². The predicted molar refractivity (Wildman–Crippen MR) is 99.1 cm³/mol. The van der Waals surface area contributed by atoms with E-state index in [1.165, 1.54) is 25.6 Å². The summed E-state index contributed by atoms with van der Waals surface area (Å²) in [5.74, 6) is -0.0941. The Balaban J connectivity index is 1.73. The highest BCUT2D eigenvalue weighted by Crippen LogP contribution is 2.38. The molecule has 0 atom stereocenters.